The largest absolute Gasteiger partial charge is 0.599 e. The topological polar surface area (TPSA) is 102 Å². The molecule has 0 bridgehead atoms. The van der Waals surface area contributed by atoms with Gasteiger partial charge in [-0.15, -0.1) is 0 Å². The molecule has 2 atom stereocenters. The van der Waals surface area contributed by atoms with Crippen LogP contribution < -0.4 is 5.23 Å². The summed E-state index contributed by atoms with van der Waals surface area (Å²) >= 11 is 0. The minimum atomic E-state index is -1.60. The molecular weight excluding hydrogens is 154 g/mol. The molecule has 0 spiro atoms. The van der Waals surface area contributed by atoms with Crippen molar-refractivity contribution < 1.29 is 25.1 Å². The fourth-order valence-electron chi connectivity index (χ4n) is 0.568. The molecule has 0 aliphatic carbocycles. The monoisotopic (exact) mass is 163 g/mol. The molecule has 0 radical (unpaired) electrons. The van der Waals surface area contributed by atoms with Crippen LogP contribution in [0, 0.1) is 5.21 Å². The predicted octanol–water partition coefficient (Wildman–Crippen LogP) is -1.81. The van der Waals surface area contributed by atoms with Crippen molar-refractivity contribution in [2.75, 3.05) is 0 Å². The van der Waals surface area contributed by atoms with Crippen molar-refractivity contribution in [3.8, 4) is 0 Å². The molecular formula is C5H9NO5. The van der Waals surface area contributed by atoms with Gasteiger partial charge in [-0.2, -0.15) is 0 Å². The molecule has 0 aromatic rings. The van der Waals surface area contributed by atoms with Crippen molar-refractivity contribution in [1.82, 2.24) is 0 Å². The highest BCUT2D eigenvalue weighted by Gasteiger charge is 2.25. The van der Waals surface area contributed by atoms with E-state index in [-0.39, 0.29) is 0 Å². The number of hydrogen-bond donors (Lipinski definition) is 3. The summed E-state index contributed by atoms with van der Waals surface area (Å²) in [5.41, 5.74) is 0. The van der Waals surface area contributed by atoms with Gasteiger partial charge in [0.05, 0.1) is 6.42 Å². The number of hydrogen-bond acceptors (Lipinski definition) is 4. The summed E-state index contributed by atoms with van der Waals surface area (Å²) in [6.45, 7) is 1.15. The zero-order valence-corrected chi connectivity index (χ0v) is 5.90. The molecule has 0 aliphatic rings. The van der Waals surface area contributed by atoms with Crippen LogP contribution in [0.1, 0.15) is 13.3 Å². The van der Waals surface area contributed by atoms with E-state index in [0.29, 0.717) is 0 Å². The Balaban J connectivity index is 4.12. The van der Waals surface area contributed by atoms with Gasteiger partial charge in [0.15, 0.2) is 0 Å². The van der Waals surface area contributed by atoms with E-state index in [9.17, 15) is 14.8 Å². The van der Waals surface area contributed by atoms with Gasteiger partial charge in [-0.05, 0) is 6.92 Å². The van der Waals surface area contributed by atoms with Crippen LogP contribution in [0.15, 0.2) is 0 Å². The van der Waals surface area contributed by atoms with E-state index in [2.05, 4.69) is 0 Å². The molecule has 0 aliphatic heterocycles. The average molecular weight is 163 g/mol. The van der Waals surface area contributed by atoms with Gasteiger partial charge in [0.1, 0.15) is 5.78 Å². The average Bonchev–Trinajstić information content (AvgIpc) is 1.81. The third kappa shape index (κ3) is 3.66. The summed E-state index contributed by atoms with van der Waals surface area (Å²) < 4.78 is 0. The van der Waals surface area contributed by atoms with E-state index in [4.69, 9.17) is 10.3 Å². The van der Waals surface area contributed by atoms with Crippen molar-refractivity contribution in [3.63, 3.8) is 0 Å². The molecule has 2 unspecified atom stereocenters. The van der Waals surface area contributed by atoms with E-state index in [1.165, 1.54) is 0 Å². The second-order valence-corrected chi connectivity index (χ2v) is 2.14. The van der Waals surface area contributed by atoms with Crippen LogP contribution in [0.3, 0.4) is 0 Å². The van der Waals surface area contributed by atoms with Crippen LogP contribution in [-0.4, -0.2) is 28.1 Å². The molecule has 11 heavy (non-hydrogen) atoms. The van der Waals surface area contributed by atoms with Gasteiger partial charge in [0.25, 0.3) is 0 Å². The lowest BCUT2D eigenvalue weighted by Gasteiger charge is -2.18. The number of carbonyl (C=O) groups excluding carboxylic acids is 1. The molecule has 0 fully saturated rings. The Bertz CT molecular complexity index is 166. The molecule has 64 valence electrons. The molecule has 0 aromatic carbocycles. The van der Waals surface area contributed by atoms with E-state index < -0.39 is 29.4 Å². The van der Waals surface area contributed by atoms with E-state index in [0.717, 1.165) is 6.92 Å². The second kappa shape index (κ2) is 4.02. The third-order valence-corrected chi connectivity index (χ3v) is 1.09. The highest BCUT2D eigenvalue weighted by atomic mass is 16.8. The zero-order chi connectivity index (χ0) is 9.02. The number of carboxylic acid groups (broad SMARTS) is 1. The lowest BCUT2D eigenvalue weighted by atomic mass is 10.2. The van der Waals surface area contributed by atoms with Crippen LogP contribution in [0.4, 0.5) is 0 Å². The number of hydroxylamine groups is 2. The standard InChI is InChI=1S/C5H9NO5/c1-3(7)2-4(5(8)9)6(10)11/h4,6,10H,2H2,1H3,(H,8,9). The molecule has 6 nitrogen and oxygen atoms in total. The summed E-state index contributed by atoms with van der Waals surface area (Å²) in [5.74, 6) is -1.92. The number of carbonyl (C=O) groups is 2. The molecule has 0 saturated heterocycles. The summed E-state index contributed by atoms with van der Waals surface area (Å²) in [4.78, 5) is 20.5. The zero-order valence-electron chi connectivity index (χ0n) is 5.90. The van der Waals surface area contributed by atoms with Gasteiger partial charge in [0, 0.05) is 0 Å². The number of quaternary nitrogens is 1. The Morgan fingerprint density at radius 3 is 2.18 bits per heavy atom. The molecule has 0 amide bonds. The first-order chi connectivity index (χ1) is 4.95. The van der Waals surface area contributed by atoms with Gasteiger partial charge in [-0.3, -0.25) is 4.79 Å². The van der Waals surface area contributed by atoms with Crippen molar-refractivity contribution in [2.45, 2.75) is 19.4 Å². The van der Waals surface area contributed by atoms with Crippen LogP contribution in [0.5, 0.6) is 0 Å². The molecule has 0 rings (SSSR count). The Morgan fingerprint density at radius 2 is 2.09 bits per heavy atom. The molecule has 6 heteroatoms. The number of ketones is 1. The number of carboxylic acids is 1. The second-order valence-electron chi connectivity index (χ2n) is 2.14. The fourth-order valence-corrected chi connectivity index (χ4v) is 0.568. The maximum atomic E-state index is 10.3. The van der Waals surface area contributed by atoms with Gasteiger partial charge < -0.3 is 10.3 Å². The van der Waals surface area contributed by atoms with Crippen LogP contribution in [0.25, 0.3) is 0 Å². The van der Waals surface area contributed by atoms with Crippen molar-refractivity contribution in [2.24, 2.45) is 0 Å². The fraction of sp³-hybridized carbons (Fsp3) is 0.600. The van der Waals surface area contributed by atoms with Crippen molar-refractivity contribution >= 4 is 11.8 Å². The first-order valence-corrected chi connectivity index (χ1v) is 2.90. The van der Waals surface area contributed by atoms with Crippen LogP contribution in [-0.2, 0) is 9.59 Å². The molecule has 0 aromatic heterocycles. The van der Waals surface area contributed by atoms with E-state index in [1.807, 2.05) is 0 Å². The summed E-state index contributed by atoms with van der Waals surface area (Å²) in [7, 11) is 0. The Morgan fingerprint density at radius 1 is 1.64 bits per heavy atom. The van der Waals surface area contributed by atoms with Crippen molar-refractivity contribution in [1.29, 1.82) is 0 Å². The molecule has 3 N–H and O–H groups in total. The minimum Gasteiger partial charge on any atom is -0.599 e. The maximum Gasteiger partial charge on any atom is 0.366 e. The predicted molar refractivity (Wildman–Crippen MR) is 32.8 cm³/mol. The number of nitrogens with one attached hydrogen (secondary N) is 1. The highest BCUT2D eigenvalue weighted by molar-refractivity contribution is 5.83. The minimum absolute atomic E-state index is 0.445. The number of rotatable bonds is 4. The van der Waals surface area contributed by atoms with Gasteiger partial charge in [-0.1, -0.05) is 0 Å². The molecule has 0 heterocycles. The SMILES string of the molecule is CC(=O)CC(C(=O)O)[NH+]([O-])O. The number of aliphatic carboxylic acids is 1. The van der Waals surface area contributed by atoms with Crippen LogP contribution >= 0.6 is 0 Å². The van der Waals surface area contributed by atoms with Gasteiger partial charge >= 0.3 is 5.97 Å². The van der Waals surface area contributed by atoms with Gasteiger partial charge in [-0.25, -0.2) is 15.2 Å². The molecule has 0 saturated carbocycles. The third-order valence-electron chi connectivity index (χ3n) is 1.09. The number of Topliss-reactive ketones (excluding diaryl/α,β-unsaturated/α-hetero) is 1. The van der Waals surface area contributed by atoms with E-state index >= 15 is 0 Å². The van der Waals surface area contributed by atoms with Crippen LogP contribution in [0.2, 0.25) is 0 Å². The first kappa shape index (κ1) is 10.0. The lowest BCUT2D eigenvalue weighted by Crippen LogP contribution is -3.10. The van der Waals surface area contributed by atoms with Crippen molar-refractivity contribution in [3.05, 3.63) is 5.21 Å². The first-order valence-electron chi connectivity index (χ1n) is 2.90. The Hall–Kier alpha value is -0.980. The summed E-state index contributed by atoms with van der Waals surface area (Å²) in [5, 5.41) is 25.2. The highest BCUT2D eigenvalue weighted by Crippen LogP contribution is 1.88. The lowest BCUT2D eigenvalue weighted by molar-refractivity contribution is -1.06. The maximum absolute atomic E-state index is 10.3. The summed E-state index contributed by atoms with van der Waals surface area (Å²) in [6, 6.07) is -1.60. The Labute approximate surface area is 62.6 Å². The summed E-state index contributed by atoms with van der Waals surface area (Å²) in [6.07, 6.45) is -0.454. The smallest absolute Gasteiger partial charge is 0.366 e. The quantitative estimate of drug-likeness (QED) is 0.424. The van der Waals surface area contributed by atoms with E-state index in [1.54, 1.807) is 0 Å². The normalized spacial score (nSPS) is 15.5. The Kier molecular flexibility index (Phi) is 3.66. The van der Waals surface area contributed by atoms with Gasteiger partial charge in [0.2, 0.25) is 6.04 Å².